The Morgan fingerprint density at radius 1 is 1.10 bits per heavy atom. The first-order valence-electron chi connectivity index (χ1n) is 9.49. The molecule has 2 heterocycles. The fourth-order valence-electron chi connectivity index (χ4n) is 3.71. The number of hydrogen-bond donors (Lipinski definition) is 0. The summed E-state index contributed by atoms with van der Waals surface area (Å²) in [6, 6.07) is 18.0. The number of aromatic nitrogens is 4. The predicted octanol–water partition coefficient (Wildman–Crippen LogP) is 4.02. The molecule has 0 amide bonds. The van der Waals surface area contributed by atoms with Gasteiger partial charge in [0.15, 0.2) is 5.78 Å². The lowest BCUT2D eigenvalue weighted by Gasteiger charge is -2.24. The van der Waals surface area contributed by atoms with E-state index < -0.39 is 0 Å². The molecule has 7 heteroatoms. The molecule has 4 rings (SSSR count). The number of benzene rings is 2. The van der Waals surface area contributed by atoms with Crippen molar-refractivity contribution in [2.24, 2.45) is 0 Å². The van der Waals surface area contributed by atoms with E-state index in [9.17, 15) is 4.79 Å². The molecule has 0 saturated carbocycles. The number of allylic oxidation sites excluding steroid dienone is 2. The van der Waals surface area contributed by atoms with Gasteiger partial charge in [0.05, 0.1) is 10.9 Å². The topological polar surface area (TPSA) is 63.9 Å². The van der Waals surface area contributed by atoms with E-state index in [4.69, 9.17) is 0 Å². The van der Waals surface area contributed by atoms with E-state index in [0.29, 0.717) is 5.16 Å². The number of carbonyl (C=O) groups excluding carboxylic acids is 1. The van der Waals surface area contributed by atoms with Crippen LogP contribution in [0.25, 0.3) is 5.69 Å². The van der Waals surface area contributed by atoms with Gasteiger partial charge >= 0.3 is 0 Å². The van der Waals surface area contributed by atoms with Gasteiger partial charge in [-0.05, 0) is 41.1 Å². The Bertz CT molecular complexity index is 1070. The summed E-state index contributed by atoms with van der Waals surface area (Å²) >= 11 is 1.36. The monoisotopic (exact) mass is 405 g/mol. The largest absolute Gasteiger partial charge is 0.347 e. The molecule has 0 radical (unpaired) electrons. The van der Waals surface area contributed by atoms with Crippen LogP contribution in [0.4, 0.5) is 5.69 Å². The van der Waals surface area contributed by atoms with Crippen molar-refractivity contribution in [1.29, 1.82) is 0 Å². The van der Waals surface area contributed by atoms with E-state index in [1.54, 1.807) is 10.8 Å². The minimum absolute atomic E-state index is 0.0420. The van der Waals surface area contributed by atoms with Crippen LogP contribution in [-0.2, 0) is 10.2 Å². The fourth-order valence-corrected chi connectivity index (χ4v) is 4.54. The van der Waals surface area contributed by atoms with Crippen molar-refractivity contribution >= 4 is 23.2 Å². The first-order chi connectivity index (χ1) is 13.9. The first-order valence-corrected chi connectivity index (χ1v) is 10.4. The number of nitrogens with zero attached hydrogens (tertiary/aromatic N) is 5. The number of ketones is 1. The minimum atomic E-state index is -0.316. The van der Waals surface area contributed by atoms with Gasteiger partial charge in [-0.15, -0.1) is 5.10 Å². The number of fused-ring (bicyclic) bond motifs is 1. The summed E-state index contributed by atoms with van der Waals surface area (Å²) in [5.74, 6) is 0.0420. The Balaban J connectivity index is 1.57. The summed E-state index contributed by atoms with van der Waals surface area (Å²) in [4.78, 5) is 15.2. The van der Waals surface area contributed by atoms with Crippen molar-refractivity contribution in [3.63, 3.8) is 0 Å². The molecule has 0 saturated heterocycles. The Morgan fingerprint density at radius 2 is 1.79 bits per heavy atom. The number of tetrazole rings is 1. The van der Waals surface area contributed by atoms with Crippen LogP contribution in [0.5, 0.6) is 0 Å². The minimum Gasteiger partial charge on any atom is -0.347 e. The van der Waals surface area contributed by atoms with Crippen LogP contribution in [0.1, 0.15) is 26.3 Å². The van der Waals surface area contributed by atoms with E-state index in [1.165, 1.54) is 17.3 Å². The van der Waals surface area contributed by atoms with Crippen LogP contribution in [0.3, 0.4) is 0 Å². The van der Waals surface area contributed by atoms with Crippen molar-refractivity contribution in [3.05, 3.63) is 71.9 Å². The van der Waals surface area contributed by atoms with Crippen LogP contribution in [0.2, 0.25) is 0 Å². The summed E-state index contributed by atoms with van der Waals surface area (Å²) in [5.41, 5.74) is 4.01. The van der Waals surface area contributed by atoms with E-state index in [0.717, 1.165) is 17.1 Å². The molecule has 0 N–H and O–H groups in total. The van der Waals surface area contributed by atoms with Crippen molar-refractivity contribution in [1.82, 2.24) is 20.2 Å². The molecular formula is C22H23N5OS. The van der Waals surface area contributed by atoms with Gasteiger partial charge < -0.3 is 4.90 Å². The Labute approximate surface area is 174 Å². The maximum Gasteiger partial charge on any atom is 0.214 e. The molecule has 1 unspecified atom stereocenters. The number of hydrogen-bond acceptors (Lipinski definition) is 6. The lowest BCUT2D eigenvalue weighted by Crippen LogP contribution is -2.25. The average molecular weight is 406 g/mol. The molecule has 148 valence electrons. The zero-order chi connectivity index (χ0) is 20.6. The van der Waals surface area contributed by atoms with Crippen LogP contribution >= 0.6 is 11.8 Å². The molecule has 0 aliphatic carbocycles. The molecule has 1 aliphatic rings. The highest BCUT2D eigenvalue weighted by Crippen LogP contribution is 2.46. The van der Waals surface area contributed by atoms with Crippen molar-refractivity contribution in [3.8, 4) is 5.69 Å². The van der Waals surface area contributed by atoms with Gasteiger partial charge in [0, 0.05) is 29.9 Å². The van der Waals surface area contributed by atoms with Gasteiger partial charge in [0.2, 0.25) is 5.16 Å². The van der Waals surface area contributed by atoms with Gasteiger partial charge in [0.25, 0.3) is 0 Å². The third kappa shape index (κ3) is 3.46. The molecule has 6 nitrogen and oxygen atoms in total. The fraction of sp³-hybridized carbons (Fsp3) is 0.273. The van der Waals surface area contributed by atoms with Gasteiger partial charge in [0.1, 0.15) is 0 Å². The van der Waals surface area contributed by atoms with E-state index >= 15 is 0 Å². The molecule has 29 heavy (non-hydrogen) atoms. The molecular weight excluding hydrogens is 382 g/mol. The van der Waals surface area contributed by atoms with Crippen LogP contribution in [0.15, 0.2) is 71.5 Å². The van der Waals surface area contributed by atoms with Gasteiger partial charge in [-0.1, -0.05) is 62.0 Å². The summed E-state index contributed by atoms with van der Waals surface area (Å²) in [7, 11) is 2.01. The van der Waals surface area contributed by atoms with E-state index in [2.05, 4.69) is 46.4 Å². The number of rotatable bonds is 5. The van der Waals surface area contributed by atoms with Crippen LogP contribution in [0, 0.1) is 0 Å². The average Bonchev–Trinajstić information content (AvgIpc) is 3.26. The second-order valence-corrected chi connectivity index (χ2v) is 8.91. The normalized spacial score (nSPS) is 17.4. The van der Waals surface area contributed by atoms with Crippen molar-refractivity contribution in [2.75, 3.05) is 11.9 Å². The highest BCUT2D eigenvalue weighted by molar-refractivity contribution is 8.00. The second-order valence-electron chi connectivity index (χ2n) is 7.60. The van der Waals surface area contributed by atoms with Crippen molar-refractivity contribution in [2.45, 2.75) is 36.6 Å². The molecule has 0 bridgehead atoms. The molecule has 1 aliphatic heterocycles. The summed E-state index contributed by atoms with van der Waals surface area (Å²) < 4.78 is 1.66. The number of carbonyl (C=O) groups is 1. The molecule has 1 atom stereocenters. The number of thioether (sulfide) groups is 1. The quantitative estimate of drug-likeness (QED) is 0.472. The first kappa shape index (κ1) is 19.4. The number of para-hydroxylation sites is 2. The van der Waals surface area contributed by atoms with Crippen LogP contribution in [-0.4, -0.2) is 38.3 Å². The number of anilines is 1. The van der Waals surface area contributed by atoms with Gasteiger partial charge in [-0.2, -0.15) is 4.68 Å². The smallest absolute Gasteiger partial charge is 0.214 e. The summed E-state index contributed by atoms with van der Waals surface area (Å²) in [6.45, 7) is 6.20. The SMILES string of the molecule is CC(Sc1nnnn1-c1ccccc1)C(=O)/C=C1/N(C)c2ccccc2C1(C)C. The highest BCUT2D eigenvalue weighted by Gasteiger charge is 2.38. The van der Waals surface area contributed by atoms with E-state index in [-0.39, 0.29) is 16.4 Å². The third-order valence-corrected chi connectivity index (χ3v) is 6.40. The Morgan fingerprint density at radius 3 is 2.52 bits per heavy atom. The maximum absolute atomic E-state index is 13.1. The second kappa shape index (κ2) is 7.48. The molecule has 0 spiro atoms. The third-order valence-electron chi connectivity index (χ3n) is 5.34. The molecule has 1 aromatic heterocycles. The van der Waals surface area contributed by atoms with Gasteiger partial charge in [-0.25, -0.2) is 0 Å². The van der Waals surface area contributed by atoms with Crippen LogP contribution < -0.4 is 4.90 Å². The summed E-state index contributed by atoms with van der Waals surface area (Å²) in [5, 5.41) is 12.2. The molecule has 3 aromatic rings. The zero-order valence-corrected chi connectivity index (χ0v) is 17.7. The zero-order valence-electron chi connectivity index (χ0n) is 16.9. The summed E-state index contributed by atoms with van der Waals surface area (Å²) in [6.07, 6.45) is 1.77. The highest BCUT2D eigenvalue weighted by atomic mass is 32.2. The lowest BCUT2D eigenvalue weighted by molar-refractivity contribution is -0.114. The number of likely N-dealkylation sites (N-methyl/N-ethyl adjacent to an activating group) is 1. The Kier molecular flexibility index (Phi) is 5.00. The molecule has 2 aromatic carbocycles. The Hall–Kier alpha value is -2.93. The van der Waals surface area contributed by atoms with E-state index in [1.807, 2.05) is 56.4 Å². The lowest BCUT2D eigenvalue weighted by atomic mass is 9.83. The van der Waals surface area contributed by atoms with Crippen molar-refractivity contribution < 1.29 is 4.79 Å². The predicted molar refractivity (Wildman–Crippen MR) is 115 cm³/mol. The standard InChI is InChI=1S/C22H23N5OS/c1-15(29-21-23-24-25-27(21)16-10-6-5-7-11-16)19(28)14-20-22(2,3)17-12-8-9-13-18(17)26(20)4/h5-15H,1-4H3/b20-14+. The maximum atomic E-state index is 13.1. The van der Waals surface area contributed by atoms with Gasteiger partial charge in [-0.3, -0.25) is 4.79 Å². The molecule has 0 fully saturated rings.